The molecular formula is C11H16ClNO2. The van der Waals surface area contributed by atoms with Crippen molar-refractivity contribution in [3.8, 4) is 0 Å². The van der Waals surface area contributed by atoms with E-state index in [0.717, 1.165) is 11.1 Å². The van der Waals surface area contributed by atoms with Crippen LogP contribution in [0, 0.1) is 12.8 Å². The van der Waals surface area contributed by atoms with Crippen molar-refractivity contribution in [1.29, 1.82) is 0 Å². The van der Waals surface area contributed by atoms with Crippen LogP contribution < -0.4 is 5.73 Å². The van der Waals surface area contributed by atoms with Crippen molar-refractivity contribution < 1.29 is 9.90 Å². The number of benzene rings is 1. The Morgan fingerprint density at radius 1 is 1.53 bits per heavy atom. The van der Waals surface area contributed by atoms with Gasteiger partial charge in [0, 0.05) is 6.54 Å². The molecule has 1 rings (SSSR count). The number of carboxylic acid groups (broad SMARTS) is 1. The third-order valence-electron chi connectivity index (χ3n) is 2.20. The van der Waals surface area contributed by atoms with Gasteiger partial charge in [-0.05, 0) is 18.9 Å². The van der Waals surface area contributed by atoms with E-state index in [2.05, 4.69) is 0 Å². The van der Waals surface area contributed by atoms with Gasteiger partial charge < -0.3 is 10.8 Å². The Balaban J connectivity index is 0.00000196. The summed E-state index contributed by atoms with van der Waals surface area (Å²) in [5.41, 5.74) is 7.55. The van der Waals surface area contributed by atoms with Gasteiger partial charge in [0.15, 0.2) is 0 Å². The van der Waals surface area contributed by atoms with Gasteiger partial charge in [0.2, 0.25) is 0 Å². The van der Waals surface area contributed by atoms with Crippen LogP contribution in [-0.4, -0.2) is 17.6 Å². The minimum atomic E-state index is -0.825. The Labute approximate surface area is 95.7 Å². The van der Waals surface area contributed by atoms with Crippen molar-refractivity contribution in [2.75, 3.05) is 6.54 Å². The highest BCUT2D eigenvalue weighted by Gasteiger charge is 2.15. The molecule has 15 heavy (non-hydrogen) atoms. The van der Waals surface area contributed by atoms with Crippen LogP contribution in [-0.2, 0) is 11.2 Å². The minimum Gasteiger partial charge on any atom is -0.481 e. The molecule has 0 aliphatic rings. The summed E-state index contributed by atoms with van der Waals surface area (Å²) in [5, 5.41) is 8.82. The highest BCUT2D eigenvalue weighted by molar-refractivity contribution is 5.85. The van der Waals surface area contributed by atoms with Crippen LogP contribution in [0.2, 0.25) is 0 Å². The molecule has 0 bridgehead atoms. The molecule has 4 heteroatoms. The second-order valence-corrected chi connectivity index (χ2v) is 3.46. The van der Waals surface area contributed by atoms with E-state index < -0.39 is 11.9 Å². The predicted octanol–water partition coefficient (Wildman–Crippen LogP) is 1.62. The molecule has 84 valence electrons. The largest absolute Gasteiger partial charge is 0.481 e. The van der Waals surface area contributed by atoms with Crippen molar-refractivity contribution in [2.45, 2.75) is 13.3 Å². The normalized spacial score (nSPS) is 11.6. The van der Waals surface area contributed by atoms with E-state index in [1.54, 1.807) is 0 Å². The van der Waals surface area contributed by atoms with Gasteiger partial charge in [-0.2, -0.15) is 0 Å². The van der Waals surface area contributed by atoms with Crippen molar-refractivity contribution in [3.05, 3.63) is 35.4 Å². The zero-order valence-corrected chi connectivity index (χ0v) is 9.46. The third-order valence-corrected chi connectivity index (χ3v) is 2.20. The van der Waals surface area contributed by atoms with Gasteiger partial charge >= 0.3 is 5.97 Å². The first kappa shape index (κ1) is 13.9. The van der Waals surface area contributed by atoms with Crippen LogP contribution in [0.25, 0.3) is 0 Å². The van der Waals surface area contributed by atoms with Crippen LogP contribution in [0.3, 0.4) is 0 Å². The molecule has 0 radical (unpaired) electrons. The van der Waals surface area contributed by atoms with E-state index in [1.807, 2.05) is 31.2 Å². The van der Waals surface area contributed by atoms with Gasteiger partial charge in [0.25, 0.3) is 0 Å². The van der Waals surface area contributed by atoms with Crippen LogP contribution in [0.5, 0.6) is 0 Å². The van der Waals surface area contributed by atoms with Gasteiger partial charge in [0.05, 0.1) is 5.92 Å². The second kappa shape index (κ2) is 6.43. The summed E-state index contributed by atoms with van der Waals surface area (Å²) in [6.45, 7) is 2.17. The average molecular weight is 230 g/mol. The molecule has 0 heterocycles. The minimum absolute atomic E-state index is 0. The van der Waals surface area contributed by atoms with Gasteiger partial charge in [0.1, 0.15) is 0 Å². The second-order valence-electron chi connectivity index (χ2n) is 3.46. The summed E-state index contributed by atoms with van der Waals surface area (Å²) in [6.07, 6.45) is 0.507. The zero-order valence-electron chi connectivity index (χ0n) is 8.64. The van der Waals surface area contributed by atoms with Crippen LogP contribution in [0.1, 0.15) is 11.1 Å². The number of aliphatic carboxylic acids is 1. The molecule has 1 aromatic carbocycles. The Bertz CT molecular complexity index is 328. The number of hydrogen-bond donors (Lipinski definition) is 2. The number of halogens is 1. The quantitative estimate of drug-likeness (QED) is 0.825. The average Bonchev–Trinajstić information content (AvgIpc) is 2.14. The molecular weight excluding hydrogens is 214 g/mol. The molecule has 0 saturated carbocycles. The topological polar surface area (TPSA) is 63.3 Å². The summed E-state index contributed by atoms with van der Waals surface area (Å²) in [7, 11) is 0. The van der Waals surface area contributed by atoms with Crippen molar-refractivity contribution in [1.82, 2.24) is 0 Å². The maximum atomic E-state index is 10.7. The molecule has 1 aromatic rings. The van der Waals surface area contributed by atoms with Crippen molar-refractivity contribution in [3.63, 3.8) is 0 Å². The molecule has 0 unspecified atom stereocenters. The van der Waals surface area contributed by atoms with Crippen molar-refractivity contribution >= 4 is 18.4 Å². The fourth-order valence-corrected chi connectivity index (χ4v) is 1.40. The molecule has 0 spiro atoms. The van der Waals surface area contributed by atoms with E-state index in [0.29, 0.717) is 6.42 Å². The molecule has 0 saturated heterocycles. The lowest BCUT2D eigenvalue weighted by Gasteiger charge is -2.09. The lowest BCUT2D eigenvalue weighted by atomic mass is 9.98. The lowest BCUT2D eigenvalue weighted by molar-refractivity contribution is -0.141. The summed E-state index contributed by atoms with van der Waals surface area (Å²) < 4.78 is 0. The summed E-state index contributed by atoms with van der Waals surface area (Å²) in [4.78, 5) is 10.7. The Kier molecular flexibility index (Phi) is 5.97. The van der Waals surface area contributed by atoms with Crippen LogP contribution in [0.4, 0.5) is 0 Å². The van der Waals surface area contributed by atoms with Gasteiger partial charge in [-0.25, -0.2) is 0 Å². The Hall–Kier alpha value is -1.06. The molecule has 0 fully saturated rings. The summed E-state index contributed by atoms with van der Waals surface area (Å²) >= 11 is 0. The number of aryl methyl sites for hydroxylation is 1. The maximum absolute atomic E-state index is 10.7. The van der Waals surface area contributed by atoms with E-state index in [1.165, 1.54) is 0 Å². The Morgan fingerprint density at radius 3 is 2.67 bits per heavy atom. The SMILES string of the molecule is Cc1cccc(C[C@H](CN)C(=O)O)c1.Cl. The first-order valence-electron chi connectivity index (χ1n) is 4.62. The van der Waals surface area contributed by atoms with E-state index in [-0.39, 0.29) is 19.0 Å². The van der Waals surface area contributed by atoms with Crippen LogP contribution >= 0.6 is 12.4 Å². The van der Waals surface area contributed by atoms with E-state index in [9.17, 15) is 4.79 Å². The highest BCUT2D eigenvalue weighted by Crippen LogP contribution is 2.10. The molecule has 0 amide bonds. The highest BCUT2D eigenvalue weighted by atomic mass is 35.5. The van der Waals surface area contributed by atoms with Crippen molar-refractivity contribution in [2.24, 2.45) is 11.7 Å². The molecule has 0 aromatic heterocycles. The van der Waals surface area contributed by atoms with Crippen LogP contribution in [0.15, 0.2) is 24.3 Å². The molecule has 1 atom stereocenters. The monoisotopic (exact) mass is 229 g/mol. The first-order chi connectivity index (χ1) is 6.63. The molecule has 0 aliphatic carbocycles. The zero-order chi connectivity index (χ0) is 10.6. The lowest BCUT2D eigenvalue weighted by Crippen LogP contribution is -2.25. The maximum Gasteiger partial charge on any atom is 0.308 e. The number of carboxylic acids is 1. The smallest absolute Gasteiger partial charge is 0.308 e. The fourth-order valence-electron chi connectivity index (χ4n) is 1.40. The number of carbonyl (C=O) groups is 1. The first-order valence-corrected chi connectivity index (χ1v) is 4.62. The molecule has 3 N–H and O–H groups in total. The molecule has 3 nitrogen and oxygen atoms in total. The summed E-state index contributed by atoms with van der Waals surface area (Å²) in [6, 6.07) is 7.84. The fraction of sp³-hybridized carbons (Fsp3) is 0.364. The number of hydrogen-bond acceptors (Lipinski definition) is 2. The van der Waals surface area contributed by atoms with Gasteiger partial charge in [-0.1, -0.05) is 29.8 Å². The van der Waals surface area contributed by atoms with E-state index in [4.69, 9.17) is 10.8 Å². The number of rotatable bonds is 4. The third kappa shape index (κ3) is 4.32. The van der Waals surface area contributed by atoms with Gasteiger partial charge in [-0.15, -0.1) is 12.4 Å². The summed E-state index contributed by atoms with van der Waals surface area (Å²) in [5.74, 6) is -1.30. The predicted molar refractivity (Wildman–Crippen MR) is 62.3 cm³/mol. The number of nitrogens with two attached hydrogens (primary N) is 1. The Morgan fingerprint density at radius 2 is 2.20 bits per heavy atom. The van der Waals surface area contributed by atoms with E-state index >= 15 is 0 Å². The standard InChI is InChI=1S/C11H15NO2.ClH/c1-8-3-2-4-9(5-8)6-10(7-12)11(13)14;/h2-5,10H,6-7,12H2,1H3,(H,13,14);1H/t10-;/m1./s1. The van der Waals surface area contributed by atoms with Gasteiger partial charge in [-0.3, -0.25) is 4.79 Å². The molecule has 0 aliphatic heterocycles.